The summed E-state index contributed by atoms with van der Waals surface area (Å²) in [6, 6.07) is 32.3. The largest absolute Gasteiger partial charge is 0.0622 e. The van der Waals surface area contributed by atoms with Crippen molar-refractivity contribution in [3.63, 3.8) is 0 Å². The zero-order chi connectivity index (χ0) is 20.5. The summed E-state index contributed by atoms with van der Waals surface area (Å²) >= 11 is 0. The Balaban J connectivity index is 0. The number of benzene rings is 3. The van der Waals surface area contributed by atoms with Crippen molar-refractivity contribution in [2.75, 3.05) is 0 Å². The van der Waals surface area contributed by atoms with Gasteiger partial charge < -0.3 is 17.0 Å². The zero-order valence-electron chi connectivity index (χ0n) is 16.0. The summed E-state index contributed by atoms with van der Waals surface area (Å²) in [6.07, 6.45) is 10.0. The maximum Gasteiger partial charge on any atom is 0 e. The van der Waals surface area contributed by atoms with Crippen molar-refractivity contribution in [1.82, 2.24) is 0 Å². The molecule has 0 spiro atoms. The Kier molecular flexibility index (Phi) is 21.4. The van der Waals surface area contributed by atoms with Crippen LogP contribution in [0.25, 0.3) is 0 Å². The van der Waals surface area contributed by atoms with Gasteiger partial charge in [0.25, 0.3) is 0 Å². The van der Waals surface area contributed by atoms with Gasteiger partial charge in [0.15, 0.2) is 0 Å². The number of hydrogen-bond donors (Lipinski definition) is 0. The summed E-state index contributed by atoms with van der Waals surface area (Å²) in [6.45, 7) is 9.00. The Morgan fingerprint density at radius 1 is 0.433 bits per heavy atom. The fourth-order valence-electron chi connectivity index (χ4n) is 2.50. The van der Waals surface area contributed by atoms with E-state index < -0.39 is 7.92 Å². The fraction of sp³-hybridized carbons (Fsp3) is 0. The summed E-state index contributed by atoms with van der Waals surface area (Å²) in [5, 5.41) is 4.19. The average Bonchev–Trinajstić information content (AvgIpc) is 3.39. The zero-order valence-corrected chi connectivity index (χ0v) is 19.6. The molecule has 30 heavy (non-hydrogen) atoms. The third-order valence-electron chi connectivity index (χ3n) is 3.60. The molecule has 3 aromatic rings. The first-order valence-corrected chi connectivity index (χ1v) is 9.82. The molecule has 0 atom stereocenters. The summed E-state index contributed by atoms with van der Waals surface area (Å²) in [5.74, 6) is 0. The van der Waals surface area contributed by atoms with Crippen molar-refractivity contribution >= 4 is 23.8 Å². The first-order chi connectivity index (χ1) is 13.9. The molecule has 1 aliphatic carbocycles. The molecule has 1 aliphatic rings. The van der Waals surface area contributed by atoms with Gasteiger partial charge in [0.2, 0.25) is 0 Å². The molecule has 0 saturated heterocycles. The summed E-state index contributed by atoms with van der Waals surface area (Å²) in [4.78, 5) is 0. The standard InChI is InChI=1S/C18H15P.C5H5.2CO.BrH.Fe/c1-4-10-16(11-5-1)19(17-12-6-2-7-13-17)18-14-8-3-9-15-18;1-2-4-5-3-1;2*1-2;;/h1-15H;1-5H;;;1H;/p-1. The van der Waals surface area contributed by atoms with E-state index in [-0.39, 0.29) is 34.1 Å². The second kappa shape index (κ2) is 20.8. The fourth-order valence-corrected chi connectivity index (χ4v) is 4.80. The molecule has 1 fully saturated rings. The van der Waals surface area contributed by atoms with Crippen LogP contribution in [0.5, 0.6) is 0 Å². The van der Waals surface area contributed by atoms with Crippen LogP contribution in [0.2, 0.25) is 0 Å². The minimum atomic E-state index is -0.446. The van der Waals surface area contributed by atoms with Crippen molar-refractivity contribution < 1.29 is 43.4 Å². The number of halogens is 1. The van der Waals surface area contributed by atoms with Crippen LogP contribution in [0.15, 0.2) is 91.0 Å². The molecule has 5 heteroatoms. The van der Waals surface area contributed by atoms with Gasteiger partial charge in [-0.2, -0.15) is 0 Å². The van der Waals surface area contributed by atoms with Gasteiger partial charge in [-0.3, -0.25) is 0 Å². The van der Waals surface area contributed by atoms with Gasteiger partial charge in [0.1, 0.15) is 0 Å². The molecule has 2 nitrogen and oxygen atoms in total. The van der Waals surface area contributed by atoms with E-state index in [0.29, 0.717) is 0 Å². The van der Waals surface area contributed by atoms with Gasteiger partial charge in [-0.15, -0.1) is 0 Å². The van der Waals surface area contributed by atoms with Crippen LogP contribution in [0.1, 0.15) is 0 Å². The maximum absolute atomic E-state index is 7.50. The van der Waals surface area contributed by atoms with Gasteiger partial charge in [-0.25, -0.2) is 0 Å². The van der Waals surface area contributed by atoms with E-state index in [0.717, 1.165) is 0 Å². The second-order valence-electron chi connectivity index (χ2n) is 5.30. The molecule has 1 saturated carbocycles. The minimum Gasteiger partial charge on any atom is -0.0622 e. The SMILES string of the molecule is [Br-].[C-]#[O+].[C-]#[O+].[CH]1[CH][CH][CH][CH]1.[Fe].c1ccc(P(c2ccccc2)c2ccccc2)cc1. The Bertz CT molecular complexity index is 684. The molecule has 0 aliphatic heterocycles. The van der Waals surface area contributed by atoms with Crippen LogP contribution < -0.4 is 32.9 Å². The van der Waals surface area contributed by atoms with Crippen LogP contribution in [-0.2, 0) is 26.4 Å². The smallest absolute Gasteiger partial charge is 0 e. The Hall–Kier alpha value is -1.43. The van der Waals surface area contributed by atoms with Gasteiger partial charge in [-0.05, 0) is 55.9 Å². The van der Waals surface area contributed by atoms with Crippen molar-refractivity contribution in [2.24, 2.45) is 0 Å². The normalized spacial score (nSPS) is 10.8. The van der Waals surface area contributed by atoms with Gasteiger partial charge in [0.05, 0.1) is 0 Å². The average molecular weight is 519 g/mol. The Labute approximate surface area is 202 Å². The van der Waals surface area contributed by atoms with Gasteiger partial charge in [0, 0.05) is 17.1 Å². The van der Waals surface area contributed by atoms with E-state index in [1.165, 1.54) is 15.9 Å². The van der Waals surface area contributed by atoms with Crippen LogP contribution in [0, 0.1) is 45.4 Å². The molecule has 0 aromatic heterocycles. The number of hydrogen-bond acceptors (Lipinski definition) is 0. The molecule has 3 aromatic carbocycles. The van der Waals surface area contributed by atoms with E-state index in [1.54, 1.807) is 0 Å². The van der Waals surface area contributed by atoms with Crippen molar-refractivity contribution in [3.8, 4) is 0 Å². The minimum absolute atomic E-state index is 0. The second-order valence-corrected chi connectivity index (χ2v) is 7.52. The van der Waals surface area contributed by atoms with Crippen LogP contribution >= 0.6 is 7.92 Å². The van der Waals surface area contributed by atoms with Crippen LogP contribution in [-0.4, -0.2) is 0 Å². The Morgan fingerprint density at radius 2 is 0.633 bits per heavy atom. The van der Waals surface area contributed by atoms with E-state index in [9.17, 15) is 0 Å². The van der Waals surface area contributed by atoms with E-state index in [2.05, 4.69) is 104 Å². The predicted octanol–water partition coefficient (Wildman–Crippen LogP) is 1.39. The number of rotatable bonds is 3. The molecule has 0 unspecified atom stereocenters. The third-order valence-corrected chi connectivity index (χ3v) is 6.04. The van der Waals surface area contributed by atoms with Crippen molar-refractivity contribution in [1.29, 1.82) is 0 Å². The molecule has 0 amide bonds. The summed E-state index contributed by atoms with van der Waals surface area (Å²) < 4.78 is 15.0. The molecule has 0 N–H and O–H groups in total. The van der Waals surface area contributed by atoms with Crippen molar-refractivity contribution in [2.45, 2.75) is 0 Å². The molecule has 4 rings (SSSR count). The molecule has 5 radical (unpaired) electrons. The van der Waals surface area contributed by atoms with E-state index in [4.69, 9.17) is 9.30 Å². The molecule has 0 bridgehead atoms. The first kappa shape index (κ1) is 30.8. The monoisotopic (exact) mass is 518 g/mol. The molecular formula is C25H20BrFeO2P-. The molecule has 0 heterocycles. The quantitative estimate of drug-likeness (QED) is 0.218. The van der Waals surface area contributed by atoms with Gasteiger partial charge >= 0.3 is 22.6 Å². The summed E-state index contributed by atoms with van der Waals surface area (Å²) in [7, 11) is -0.446. The van der Waals surface area contributed by atoms with Gasteiger partial charge in [-0.1, -0.05) is 91.0 Å². The topological polar surface area (TPSA) is 39.8 Å². The molecular weight excluding hydrogens is 499 g/mol. The molecule has 153 valence electrons. The van der Waals surface area contributed by atoms with Crippen LogP contribution in [0.4, 0.5) is 0 Å². The third kappa shape index (κ3) is 11.1. The van der Waals surface area contributed by atoms with Crippen molar-refractivity contribution in [3.05, 3.63) is 136 Å². The predicted molar refractivity (Wildman–Crippen MR) is 115 cm³/mol. The first-order valence-electron chi connectivity index (χ1n) is 8.48. The van der Waals surface area contributed by atoms with E-state index >= 15 is 0 Å². The van der Waals surface area contributed by atoms with Crippen LogP contribution in [0.3, 0.4) is 0 Å². The Morgan fingerprint density at radius 3 is 0.833 bits per heavy atom. The van der Waals surface area contributed by atoms with E-state index in [1.807, 2.05) is 32.1 Å². The summed E-state index contributed by atoms with van der Waals surface area (Å²) in [5.41, 5.74) is 0. The maximum atomic E-state index is 7.50.